The van der Waals surface area contributed by atoms with Crippen molar-refractivity contribution in [3.8, 4) is 0 Å². The number of anilines is 1. The summed E-state index contributed by atoms with van der Waals surface area (Å²) in [6.45, 7) is 13.8. The van der Waals surface area contributed by atoms with Gasteiger partial charge in [0.15, 0.2) is 0 Å². The third-order valence-corrected chi connectivity index (χ3v) is 5.52. The fourth-order valence-electron chi connectivity index (χ4n) is 3.96. The Morgan fingerprint density at radius 1 is 1.24 bits per heavy atom. The van der Waals surface area contributed by atoms with Crippen LogP contribution in [-0.2, 0) is 0 Å². The van der Waals surface area contributed by atoms with Crippen LogP contribution in [0.2, 0.25) is 0 Å². The van der Waals surface area contributed by atoms with Crippen molar-refractivity contribution in [1.29, 1.82) is 0 Å². The van der Waals surface area contributed by atoms with Crippen LogP contribution in [0.15, 0.2) is 18.2 Å². The molecule has 0 bridgehead atoms. The van der Waals surface area contributed by atoms with E-state index in [1.165, 1.54) is 29.7 Å². The van der Waals surface area contributed by atoms with E-state index in [1.54, 1.807) is 0 Å². The number of piperazine rings is 1. The number of hydrogen-bond donors (Lipinski definition) is 1. The van der Waals surface area contributed by atoms with Crippen LogP contribution in [-0.4, -0.2) is 24.7 Å². The van der Waals surface area contributed by atoms with Crippen LogP contribution in [0.3, 0.4) is 0 Å². The highest BCUT2D eigenvalue weighted by Crippen LogP contribution is 2.43. The van der Waals surface area contributed by atoms with Crippen LogP contribution in [0.1, 0.15) is 44.7 Å². The topological polar surface area (TPSA) is 15.3 Å². The summed E-state index contributed by atoms with van der Waals surface area (Å²) in [6.07, 6.45) is 2.80. The number of aryl methyl sites for hydroxylation is 2. The van der Waals surface area contributed by atoms with E-state index in [2.05, 4.69) is 63.0 Å². The van der Waals surface area contributed by atoms with Gasteiger partial charge in [-0.3, -0.25) is 0 Å². The summed E-state index contributed by atoms with van der Waals surface area (Å²) in [5, 5.41) is 3.88. The molecule has 2 fully saturated rings. The normalized spacial score (nSPS) is 30.0. The molecule has 1 aromatic carbocycles. The highest BCUT2D eigenvalue weighted by molar-refractivity contribution is 5.56. The number of nitrogens with one attached hydrogen (secondary N) is 1. The van der Waals surface area contributed by atoms with Gasteiger partial charge in [0.25, 0.3) is 0 Å². The van der Waals surface area contributed by atoms with E-state index in [9.17, 15) is 0 Å². The Labute approximate surface area is 129 Å². The molecule has 1 aliphatic heterocycles. The Hall–Kier alpha value is -1.02. The van der Waals surface area contributed by atoms with Crippen molar-refractivity contribution in [1.82, 2.24) is 5.32 Å². The van der Waals surface area contributed by atoms with Gasteiger partial charge in [0.2, 0.25) is 0 Å². The zero-order valence-corrected chi connectivity index (χ0v) is 14.2. The number of rotatable bonds is 3. The van der Waals surface area contributed by atoms with Crippen LogP contribution < -0.4 is 10.2 Å². The summed E-state index contributed by atoms with van der Waals surface area (Å²) in [5.74, 6) is 1.54. The molecule has 3 rings (SSSR count). The average molecular weight is 286 g/mol. The van der Waals surface area contributed by atoms with Crippen molar-refractivity contribution in [2.24, 2.45) is 11.8 Å². The molecule has 2 aliphatic rings. The number of hydrogen-bond acceptors (Lipinski definition) is 2. The largest absolute Gasteiger partial charge is 0.365 e. The molecule has 116 valence electrons. The van der Waals surface area contributed by atoms with Gasteiger partial charge in [0.1, 0.15) is 0 Å². The molecule has 0 aromatic heterocycles. The molecule has 0 spiro atoms. The molecule has 2 unspecified atom stereocenters. The first-order valence-electron chi connectivity index (χ1n) is 8.49. The first-order chi connectivity index (χ1) is 9.90. The summed E-state index contributed by atoms with van der Waals surface area (Å²) >= 11 is 0. The number of benzene rings is 1. The fraction of sp³-hybridized carbons (Fsp3) is 0.684. The molecule has 0 radical (unpaired) electrons. The smallest absolute Gasteiger partial charge is 0.0438 e. The third-order valence-electron chi connectivity index (χ3n) is 5.52. The van der Waals surface area contributed by atoms with Crippen molar-refractivity contribution < 1.29 is 0 Å². The van der Waals surface area contributed by atoms with Gasteiger partial charge >= 0.3 is 0 Å². The van der Waals surface area contributed by atoms with E-state index in [-0.39, 0.29) is 0 Å². The van der Waals surface area contributed by atoms with Crippen LogP contribution in [0.4, 0.5) is 5.69 Å². The van der Waals surface area contributed by atoms with Crippen LogP contribution >= 0.6 is 0 Å². The molecule has 0 amide bonds. The van der Waals surface area contributed by atoms with Crippen molar-refractivity contribution in [3.63, 3.8) is 0 Å². The van der Waals surface area contributed by atoms with Gasteiger partial charge in [-0.15, -0.1) is 0 Å². The highest BCUT2D eigenvalue weighted by atomic mass is 15.3. The quantitative estimate of drug-likeness (QED) is 0.906. The van der Waals surface area contributed by atoms with Crippen molar-refractivity contribution in [3.05, 3.63) is 29.3 Å². The molecule has 2 atom stereocenters. The van der Waals surface area contributed by atoms with Crippen molar-refractivity contribution in [2.75, 3.05) is 18.0 Å². The van der Waals surface area contributed by atoms with E-state index in [0.717, 1.165) is 19.0 Å². The second-order valence-electron chi connectivity index (χ2n) is 7.80. The zero-order chi connectivity index (χ0) is 15.2. The lowest BCUT2D eigenvalue weighted by Crippen LogP contribution is -2.65. The summed E-state index contributed by atoms with van der Waals surface area (Å²) < 4.78 is 0. The van der Waals surface area contributed by atoms with E-state index < -0.39 is 0 Å². The average Bonchev–Trinajstić information content (AvgIpc) is 3.22. The Kier molecular flexibility index (Phi) is 3.77. The predicted molar refractivity (Wildman–Crippen MR) is 91.0 cm³/mol. The fourth-order valence-corrected chi connectivity index (χ4v) is 3.96. The molecular formula is C19H30N2. The lowest BCUT2D eigenvalue weighted by atomic mass is 9.87. The second kappa shape index (κ2) is 5.31. The second-order valence-corrected chi connectivity index (χ2v) is 7.80. The Bertz CT molecular complexity index is 518. The SMILES string of the molecule is Cc1ccc(N2CC(C)(C3CC3)NCC2C(C)C)c(C)c1. The molecule has 1 saturated carbocycles. The Balaban J connectivity index is 1.93. The van der Waals surface area contributed by atoms with Gasteiger partial charge in [-0.2, -0.15) is 0 Å². The van der Waals surface area contributed by atoms with E-state index in [4.69, 9.17) is 0 Å². The molecule has 2 heteroatoms. The van der Waals surface area contributed by atoms with Crippen LogP contribution in [0, 0.1) is 25.7 Å². The molecule has 1 saturated heterocycles. The lowest BCUT2D eigenvalue weighted by molar-refractivity contribution is 0.233. The molecule has 1 heterocycles. The van der Waals surface area contributed by atoms with Gasteiger partial charge < -0.3 is 10.2 Å². The van der Waals surface area contributed by atoms with E-state index in [0.29, 0.717) is 17.5 Å². The first-order valence-corrected chi connectivity index (χ1v) is 8.49. The molecule has 1 aliphatic carbocycles. The maximum Gasteiger partial charge on any atom is 0.0438 e. The van der Waals surface area contributed by atoms with Gasteiger partial charge in [-0.05, 0) is 57.1 Å². The van der Waals surface area contributed by atoms with E-state index >= 15 is 0 Å². The van der Waals surface area contributed by atoms with Gasteiger partial charge in [0.05, 0.1) is 0 Å². The predicted octanol–water partition coefficient (Wildman–Crippen LogP) is 3.91. The van der Waals surface area contributed by atoms with Gasteiger partial charge in [0, 0.05) is 30.4 Å². The molecule has 21 heavy (non-hydrogen) atoms. The zero-order valence-electron chi connectivity index (χ0n) is 14.2. The monoisotopic (exact) mass is 286 g/mol. The maximum atomic E-state index is 3.88. The summed E-state index contributed by atoms with van der Waals surface area (Å²) in [6, 6.07) is 7.51. The van der Waals surface area contributed by atoms with E-state index in [1.807, 2.05) is 0 Å². The Morgan fingerprint density at radius 2 is 1.95 bits per heavy atom. The molecule has 1 N–H and O–H groups in total. The summed E-state index contributed by atoms with van der Waals surface area (Å²) in [4.78, 5) is 2.69. The highest BCUT2D eigenvalue weighted by Gasteiger charge is 2.46. The minimum Gasteiger partial charge on any atom is -0.365 e. The first kappa shape index (κ1) is 14.9. The third kappa shape index (κ3) is 2.83. The lowest BCUT2D eigenvalue weighted by Gasteiger charge is -2.49. The van der Waals surface area contributed by atoms with Crippen molar-refractivity contribution >= 4 is 5.69 Å². The molecule has 1 aromatic rings. The Morgan fingerprint density at radius 3 is 2.52 bits per heavy atom. The minimum atomic E-state index is 0.294. The molecular weight excluding hydrogens is 256 g/mol. The van der Waals surface area contributed by atoms with Gasteiger partial charge in [-0.25, -0.2) is 0 Å². The summed E-state index contributed by atoms with van der Waals surface area (Å²) in [5.41, 5.74) is 4.51. The number of nitrogens with zero attached hydrogens (tertiary/aromatic N) is 1. The van der Waals surface area contributed by atoms with Crippen LogP contribution in [0.25, 0.3) is 0 Å². The molecule has 2 nitrogen and oxygen atoms in total. The minimum absolute atomic E-state index is 0.294. The van der Waals surface area contributed by atoms with Gasteiger partial charge in [-0.1, -0.05) is 31.5 Å². The van der Waals surface area contributed by atoms with Crippen molar-refractivity contribution in [2.45, 2.75) is 59.0 Å². The van der Waals surface area contributed by atoms with Crippen LogP contribution in [0.5, 0.6) is 0 Å². The maximum absolute atomic E-state index is 3.88. The summed E-state index contributed by atoms with van der Waals surface area (Å²) in [7, 11) is 0. The standard InChI is InChI=1S/C19H30N2/c1-13(2)18-11-20-19(5,16-7-8-16)12-21(18)17-9-6-14(3)10-15(17)4/h6,9-10,13,16,18,20H,7-8,11-12H2,1-5H3.